The Morgan fingerprint density at radius 3 is 2.54 bits per heavy atom. The SMILES string of the molecule is CC(C)NC(=O)N[C@H]1CCN(C(=O)c2cccn2C)[C@@H]1C(=O)N[C@H](Cc1c[nH]c2ccccc12)C(N)=O. The van der Waals surface area contributed by atoms with Crippen LogP contribution in [0.3, 0.4) is 0 Å². The van der Waals surface area contributed by atoms with Crippen molar-refractivity contribution in [2.24, 2.45) is 12.8 Å². The number of amides is 5. The molecule has 1 aromatic carbocycles. The van der Waals surface area contributed by atoms with Crippen LogP contribution in [0.1, 0.15) is 36.3 Å². The summed E-state index contributed by atoms with van der Waals surface area (Å²) in [6.45, 7) is 3.91. The van der Waals surface area contributed by atoms with Crippen LogP contribution >= 0.6 is 0 Å². The molecule has 1 saturated heterocycles. The van der Waals surface area contributed by atoms with Crippen LogP contribution in [-0.4, -0.2) is 68.9 Å². The van der Waals surface area contributed by atoms with Crippen molar-refractivity contribution in [3.63, 3.8) is 0 Å². The summed E-state index contributed by atoms with van der Waals surface area (Å²) in [7, 11) is 1.74. The number of aromatic amines is 1. The molecule has 0 spiro atoms. The summed E-state index contributed by atoms with van der Waals surface area (Å²) in [6.07, 6.45) is 4.08. The van der Waals surface area contributed by atoms with E-state index in [-0.39, 0.29) is 24.9 Å². The minimum atomic E-state index is -1.02. The first kappa shape index (κ1) is 25.8. The largest absolute Gasteiger partial charge is 0.368 e. The van der Waals surface area contributed by atoms with E-state index in [9.17, 15) is 19.2 Å². The van der Waals surface area contributed by atoms with E-state index in [2.05, 4.69) is 20.9 Å². The number of aryl methyl sites for hydroxylation is 1. The first-order valence-electron chi connectivity index (χ1n) is 12.3. The Kier molecular flexibility index (Phi) is 7.51. The van der Waals surface area contributed by atoms with Crippen molar-refractivity contribution < 1.29 is 19.2 Å². The molecule has 0 bridgehead atoms. The molecular weight excluding hydrogens is 474 g/mol. The Balaban J connectivity index is 1.58. The lowest BCUT2D eigenvalue weighted by molar-refractivity contribution is -0.130. The monoisotopic (exact) mass is 507 g/mol. The molecule has 1 aliphatic rings. The predicted octanol–water partition coefficient (Wildman–Crippen LogP) is 1.01. The fourth-order valence-corrected chi connectivity index (χ4v) is 4.80. The first-order chi connectivity index (χ1) is 17.7. The number of nitrogens with one attached hydrogen (secondary N) is 4. The Hall–Kier alpha value is -4.28. The van der Waals surface area contributed by atoms with Crippen LogP contribution in [0.5, 0.6) is 0 Å². The van der Waals surface area contributed by atoms with Gasteiger partial charge in [0.1, 0.15) is 17.8 Å². The Bertz CT molecular complexity index is 1310. The topological polar surface area (TPSA) is 154 Å². The molecule has 0 aliphatic carbocycles. The second-order valence-corrected chi connectivity index (χ2v) is 9.64. The van der Waals surface area contributed by atoms with Gasteiger partial charge < -0.3 is 36.1 Å². The fourth-order valence-electron chi connectivity index (χ4n) is 4.80. The van der Waals surface area contributed by atoms with E-state index in [1.165, 1.54) is 4.90 Å². The average molecular weight is 508 g/mol. The van der Waals surface area contributed by atoms with Crippen LogP contribution in [0, 0.1) is 0 Å². The van der Waals surface area contributed by atoms with Gasteiger partial charge in [0.15, 0.2) is 0 Å². The molecule has 2 aromatic heterocycles. The molecule has 37 heavy (non-hydrogen) atoms. The van der Waals surface area contributed by atoms with Gasteiger partial charge in [-0.25, -0.2) is 4.79 Å². The Morgan fingerprint density at radius 2 is 1.86 bits per heavy atom. The van der Waals surface area contributed by atoms with E-state index in [1.54, 1.807) is 36.1 Å². The third kappa shape index (κ3) is 5.60. The van der Waals surface area contributed by atoms with Gasteiger partial charge in [-0.15, -0.1) is 0 Å². The van der Waals surface area contributed by atoms with Crippen LogP contribution in [0.4, 0.5) is 4.79 Å². The fraction of sp³-hybridized carbons (Fsp3) is 0.385. The second kappa shape index (κ2) is 10.8. The van der Waals surface area contributed by atoms with E-state index >= 15 is 0 Å². The maximum absolute atomic E-state index is 13.6. The van der Waals surface area contributed by atoms with Gasteiger partial charge in [0.25, 0.3) is 5.91 Å². The number of nitrogens with zero attached hydrogens (tertiary/aromatic N) is 2. The molecule has 6 N–H and O–H groups in total. The number of carbonyl (C=O) groups is 4. The summed E-state index contributed by atoms with van der Waals surface area (Å²) < 4.78 is 1.67. The normalized spacial score (nSPS) is 18.1. The van der Waals surface area contributed by atoms with Crippen molar-refractivity contribution in [2.45, 2.75) is 50.9 Å². The van der Waals surface area contributed by atoms with Crippen LogP contribution < -0.4 is 21.7 Å². The number of benzene rings is 1. The van der Waals surface area contributed by atoms with Crippen molar-refractivity contribution in [2.75, 3.05) is 6.54 Å². The molecule has 11 nitrogen and oxygen atoms in total. The van der Waals surface area contributed by atoms with Gasteiger partial charge in [-0.05, 0) is 44.0 Å². The Labute approximate surface area is 214 Å². The van der Waals surface area contributed by atoms with Crippen molar-refractivity contribution in [1.29, 1.82) is 0 Å². The first-order valence-corrected chi connectivity index (χ1v) is 12.3. The van der Waals surface area contributed by atoms with Crippen molar-refractivity contribution >= 4 is 34.7 Å². The van der Waals surface area contributed by atoms with Crippen molar-refractivity contribution in [3.8, 4) is 0 Å². The van der Waals surface area contributed by atoms with E-state index in [0.717, 1.165) is 16.5 Å². The highest BCUT2D eigenvalue weighted by Gasteiger charge is 2.44. The predicted molar refractivity (Wildman–Crippen MR) is 139 cm³/mol. The number of likely N-dealkylation sites (tertiary alicyclic amines) is 1. The summed E-state index contributed by atoms with van der Waals surface area (Å²) in [5.74, 6) is -1.59. The quantitative estimate of drug-likeness (QED) is 0.309. The number of rotatable bonds is 8. The highest BCUT2D eigenvalue weighted by atomic mass is 16.2. The van der Waals surface area contributed by atoms with Gasteiger partial charge in [-0.2, -0.15) is 0 Å². The smallest absolute Gasteiger partial charge is 0.315 e. The summed E-state index contributed by atoms with van der Waals surface area (Å²) in [5.41, 5.74) is 7.82. The summed E-state index contributed by atoms with van der Waals surface area (Å²) in [6, 6.07) is 7.83. The van der Waals surface area contributed by atoms with E-state index in [0.29, 0.717) is 12.1 Å². The van der Waals surface area contributed by atoms with Crippen molar-refractivity contribution in [3.05, 3.63) is 60.0 Å². The number of hydrogen-bond donors (Lipinski definition) is 5. The third-order valence-electron chi connectivity index (χ3n) is 6.59. The van der Waals surface area contributed by atoms with Crippen LogP contribution in [-0.2, 0) is 23.1 Å². The zero-order chi connectivity index (χ0) is 26.7. The second-order valence-electron chi connectivity index (χ2n) is 9.64. The number of carbonyl (C=O) groups excluding carboxylic acids is 4. The average Bonchev–Trinajstić information content (AvgIpc) is 3.56. The van der Waals surface area contributed by atoms with Crippen LogP contribution in [0.2, 0.25) is 0 Å². The van der Waals surface area contributed by atoms with Crippen molar-refractivity contribution in [1.82, 2.24) is 30.4 Å². The zero-order valence-electron chi connectivity index (χ0n) is 21.2. The lowest BCUT2D eigenvalue weighted by Gasteiger charge is -2.29. The van der Waals surface area contributed by atoms with Gasteiger partial charge >= 0.3 is 6.03 Å². The standard InChI is InChI=1S/C26H33N7O4/c1-15(2)29-26(37)31-19-10-12-33(25(36)21-9-6-11-32(21)3)22(19)24(35)30-20(23(27)34)13-16-14-28-18-8-5-4-7-17(16)18/h4-9,11,14-15,19-20,22,28H,10,12-13H2,1-3H3,(H2,27,34)(H,30,35)(H2,29,31,37)/t19-,20+,22-/m0/s1. The molecule has 11 heteroatoms. The zero-order valence-corrected chi connectivity index (χ0v) is 21.2. The summed E-state index contributed by atoms with van der Waals surface area (Å²) in [5, 5.41) is 9.25. The molecule has 0 unspecified atom stereocenters. The molecule has 0 saturated carbocycles. The molecule has 196 valence electrons. The minimum Gasteiger partial charge on any atom is -0.368 e. The lowest BCUT2D eigenvalue weighted by atomic mass is 10.0. The minimum absolute atomic E-state index is 0.106. The van der Waals surface area contributed by atoms with Gasteiger partial charge in [-0.3, -0.25) is 14.4 Å². The van der Waals surface area contributed by atoms with E-state index in [4.69, 9.17) is 5.73 Å². The number of aromatic nitrogens is 2. The number of fused-ring (bicyclic) bond motifs is 1. The molecule has 0 radical (unpaired) electrons. The maximum Gasteiger partial charge on any atom is 0.315 e. The molecule has 5 amide bonds. The molecule has 3 atom stereocenters. The number of nitrogens with two attached hydrogens (primary N) is 1. The third-order valence-corrected chi connectivity index (χ3v) is 6.59. The van der Waals surface area contributed by atoms with Gasteiger partial charge in [-0.1, -0.05) is 18.2 Å². The van der Waals surface area contributed by atoms with Gasteiger partial charge in [0.2, 0.25) is 11.8 Å². The molecule has 3 aromatic rings. The van der Waals surface area contributed by atoms with Gasteiger partial charge in [0, 0.05) is 49.4 Å². The lowest BCUT2D eigenvalue weighted by Crippen LogP contribution is -2.59. The number of primary amides is 1. The summed E-state index contributed by atoms with van der Waals surface area (Å²) in [4.78, 5) is 56.4. The summed E-state index contributed by atoms with van der Waals surface area (Å²) >= 11 is 0. The highest BCUT2D eigenvalue weighted by molar-refractivity contribution is 5.98. The molecule has 1 fully saturated rings. The van der Waals surface area contributed by atoms with Crippen LogP contribution in [0.15, 0.2) is 48.8 Å². The molecule has 3 heterocycles. The maximum atomic E-state index is 13.6. The number of para-hydroxylation sites is 1. The van der Waals surface area contributed by atoms with E-state index < -0.39 is 36.0 Å². The number of urea groups is 1. The van der Waals surface area contributed by atoms with Crippen LogP contribution in [0.25, 0.3) is 10.9 Å². The Morgan fingerprint density at radius 1 is 1.11 bits per heavy atom. The molecule has 1 aliphatic heterocycles. The molecule has 4 rings (SSSR count). The number of hydrogen-bond acceptors (Lipinski definition) is 4. The highest BCUT2D eigenvalue weighted by Crippen LogP contribution is 2.23. The van der Waals surface area contributed by atoms with E-state index in [1.807, 2.05) is 38.1 Å². The van der Waals surface area contributed by atoms with Gasteiger partial charge in [0.05, 0.1) is 6.04 Å². The number of H-pyrrole nitrogens is 1. The molecular formula is C26H33N7O4.